The molecule has 0 amide bonds. The van der Waals surface area contributed by atoms with E-state index in [9.17, 15) is 0 Å². The summed E-state index contributed by atoms with van der Waals surface area (Å²) in [6, 6.07) is 43.7. The van der Waals surface area contributed by atoms with E-state index in [1.807, 2.05) is 89.3 Å². The average Bonchev–Trinajstić information content (AvgIpc) is 3.24. The van der Waals surface area contributed by atoms with Gasteiger partial charge in [0.25, 0.3) is 0 Å². The molecule has 2 nitrogen and oxygen atoms in total. The predicted octanol–water partition coefficient (Wildman–Crippen LogP) is 15.5. The average molecular weight is 733 g/mol. The third-order valence-electron chi connectivity index (χ3n) is 9.29. The summed E-state index contributed by atoms with van der Waals surface area (Å²) >= 11 is 0. The van der Waals surface area contributed by atoms with E-state index in [0.717, 1.165) is 16.8 Å². The summed E-state index contributed by atoms with van der Waals surface area (Å²) < 4.78 is 0. The minimum absolute atomic E-state index is 0.718. The second-order valence-corrected chi connectivity index (χ2v) is 13.3. The first-order valence-corrected chi connectivity index (χ1v) is 19.3. The maximum Gasteiger partial charge on any atom is 0.0388 e. The Labute approximate surface area is 335 Å². The minimum atomic E-state index is 0.718. The molecule has 1 heterocycles. The van der Waals surface area contributed by atoms with Gasteiger partial charge < -0.3 is 5.73 Å². The third kappa shape index (κ3) is 10.8. The summed E-state index contributed by atoms with van der Waals surface area (Å²) in [7, 11) is 0. The van der Waals surface area contributed by atoms with Crippen LogP contribution < -0.4 is 5.73 Å². The lowest BCUT2D eigenvalue weighted by atomic mass is 9.84. The van der Waals surface area contributed by atoms with Crippen LogP contribution >= 0.6 is 0 Å². The van der Waals surface area contributed by atoms with Crippen molar-refractivity contribution in [2.24, 2.45) is 5.73 Å². The molecule has 0 aliphatic rings. The SMILES string of the molecule is C/C(=C\C=C(/N)c1ccncc1)c1ccc(C)c(-c2c3ccccc3c(-c3ccc4ccccc4c3)c3ccccc23)c1.C/C=C\C.C/C=C\C=C/C.C=CC. The summed E-state index contributed by atoms with van der Waals surface area (Å²) in [5, 5.41) is 7.54. The van der Waals surface area contributed by atoms with Gasteiger partial charge >= 0.3 is 0 Å². The molecule has 56 heavy (non-hydrogen) atoms. The maximum absolute atomic E-state index is 6.37. The minimum Gasteiger partial charge on any atom is -0.398 e. The Morgan fingerprint density at radius 2 is 1.07 bits per heavy atom. The van der Waals surface area contributed by atoms with Crippen LogP contribution in [0.25, 0.3) is 65.8 Å². The zero-order valence-corrected chi connectivity index (χ0v) is 34.1. The second-order valence-electron chi connectivity index (χ2n) is 13.3. The summed E-state index contributed by atoms with van der Waals surface area (Å²) in [6.07, 6.45) is 21.4. The van der Waals surface area contributed by atoms with E-state index >= 15 is 0 Å². The largest absolute Gasteiger partial charge is 0.398 e. The number of hydrogen-bond acceptors (Lipinski definition) is 2. The van der Waals surface area contributed by atoms with Gasteiger partial charge in [-0.3, -0.25) is 4.98 Å². The van der Waals surface area contributed by atoms with Gasteiger partial charge in [0.15, 0.2) is 0 Å². The monoisotopic (exact) mass is 732 g/mol. The number of nitrogens with two attached hydrogens (primary N) is 1. The molecule has 0 saturated carbocycles. The zero-order valence-electron chi connectivity index (χ0n) is 34.1. The summed E-state index contributed by atoms with van der Waals surface area (Å²) in [5.41, 5.74) is 16.7. The molecule has 0 atom stereocenters. The van der Waals surface area contributed by atoms with Crippen molar-refractivity contribution in [2.75, 3.05) is 0 Å². The molecule has 0 unspecified atom stereocenters. The topological polar surface area (TPSA) is 38.9 Å². The van der Waals surface area contributed by atoms with E-state index in [0.29, 0.717) is 0 Å². The predicted molar refractivity (Wildman–Crippen MR) is 251 cm³/mol. The Balaban J connectivity index is 0.000000468. The Bertz CT molecular complexity index is 2440. The number of pyridine rings is 1. The first kappa shape index (κ1) is 42.2. The number of benzene rings is 6. The van der Waals surface area contributed by atoms with Crippen molar-refractivity contribution in [3.63, 3.8) is 0 Å². The van der Waals surface area contributed by atoms with E-state index in [-0.39, 0.29) is 0 Å². The van der Waals surface area contributed by atoms with Crippen LogP contribution in [0.3, 0.4) is 0 Å². The second kappa shape index (κ2) is 22.0. The van der Waals surface area contributed by atoms with Crippen molar-refractivity contribution >= 4 is 43.6 Å². The number of rotatable bonds is 6. The van der Waals surface area contributed by atoms with Gasteiger partial charge in [-0.2, -0.15) is 0 Å². The highest BCUT2D eigenvalue weighted by Gasteiger charge is 2.18. The highest BCUT2D eigenvalue weighted by atomic mass is 14.6. The lowest BCUT2D eigenvalue weighted by Gasteiger charge is -2.19. The number of allylic oxidation sites excluding steroid dienone is 10. The Morgan fingerprint density at radius 1 is 0.554 bits per heavy atom. The van der Waals surface area contributed by atoms with Crippen LogP contribution in [0.15, 0.2) is 195 Å². The van der Waals surface area contributed by atoms with Crippen LogP contribution in [-0.2, 0) is 0 Å². The van der Waals surface area contributed by atoms with Crippen LogP contribution in [0.2, 0.25) is 0 Å². The van der Waals surface area contributed by atoms with Crippen LogP contribution in [0, 0.1) is 6.92 Å². The molecule has 2 N–H and O–H groups in total. The van der Waals surface area contributed by atoms with Crippen molar-refractivity contribution < 1.29 is 0 Å². The summed E-state index contributed by atoms with van der Waals surface area (Å²) in [4.78, 5) is 4.10. The molecular weight excluding hydrogens is 677 g/mol. The fourth-order valence-corrected chi connectivity index (χ4v) is 6.38. The van der Waals surface area contributed by atoms with Gasteiger partial charge in [-0.25, -0.2) is 0 Å². The fraction of sp³-hybridized carbons (Fsp3) is 0.130. The standard InChI is InChI=1S/C41H32N2.C6H10.C4H8.C3H6/c1-27(16-20-39(42)30-21-23-43-24-22-30)31-17-15-28(2)38(26-31)41-36-13-7-5-11-34(36)40(35-12-6-8-14-37(35)41)33-19-18-29-9-3-4-10-32(29)25-33;1-3-5-6-4-2;1-3-4-2;1-3-2/h3-26H,42H2,1-2H3;3-6H,1-2H3;3-4H,1-2H3;3H,1H2,2H3/b27-16+,39-20-;5-3-,6-4-;4-3-;. The quantitative estimate of drug-likeness (QED) is 0.105. The Kier molecular flexibility index (Phi) is 16.6. The van der Waals surface area contributed by atoms with E-state index in [1.165, 1.54) is 65.7 Å². The molecule has 0 spiro atoms. The number of hydrogen-bond donors (Lipinski definition) is 1. The molecule has 7 aromatic rings. The molecule has 0 saturated heterocycles. The third-order valence-corrected chi connectivity index (χ3v) is 9.29. The number of aryl methyl sites for hydroxylation is 1. The van der Waals surface area contributed by atoms with Crippen LogP contribution in [0.1, 0.15) is 58.2 Å². The van der Waals surface area contributed by atoms with Gasteiger partial charge in [-0.05, 0) is 150 Å². The van der Waals surface area contributed by atoms with E-state index in [4.69, 9.17) is 5.73 Å². The molecular formula is C54H56N2. The Morgan fingerprint density at radius 3 is 1.61 bits per heavy atom. The molecule has 0 radical (unpaired) electrons. The summed E-state index contributed by atoms with van der Waals surface area (Å²) in [5.74, 6) is 0. The van der Waals surface area contributed by atoms with Crippen molar-refractivity contribution in [1.82, 2.24) is 4.98 Å². The van der Waals surface area contributed by atoms with Crippen molar-refractivity contribution in [3.05, 3.63) is 212 Å². The first-order chi connectivity index (χ1) is 27.3. The number of fused-ring (bicyclic) bond motifs is 3. The molecule has 7 rings (SSSR count). The van der Waals surface area contributed by atoms with Gasteiger partial charge in [0.1, 0.15) is 0 Å². The van der Waals surface area contributed by atoms with Gasteiger partial charge in [0, 0.05) is 23.7 Å². The number of nitrogens with zero attached hydrogens (tertiary/aromatic N) is 1. The smallest absolute Gasteiger partial charge is 0.0388 e. The fourth-order valence-electron chi connectivity index (χ4n) is 6.38. The molecule has 0 aliphatic heterocycles. The molecule has 6 aromatic carbocycles. The van der Waals surface area contributed by atoms with E-state index in [1.54, 1.807) is 18.5 Å². The van der Waals surface area contributed by atoms with Crippen molar-refractivity contribution in [1.29, 1.82) is 0 Å². The van der Waals surface area contributed by atoms with Crippen LogP contribution in [-0.4, -0.2) is 4.98 Å². The maximum atomic E-state index is 6.37. The van der Waals surface area contributed by atoms with Gasteiger partial charge in [0.2, 0.25) is 0 Å². The molecule has 2 heteroatoms. The summed E-state index contributed by atoms with van der Waals surface area (Å²) in [6.45, 7) is 17.6. The normalized spacial score (nSPS) is 11.6. The van der Waals surface area contributed by atoms with Crippen LogP contribution in [0.4, 0.5) is 0 Å². The first-order valence-electron chi connectivity index (χ1n) is 19.3. The lowest BCUT2D eigenvalue weighted by Crippen LogP contribution is -1.95. The highest BCUT2D eigenvalue weighted by molar-refractivity contribution is 6.22. The van der Waals surface area contributed by atoms with Crippen LogP contribution in [0.5, 0.6) is 0 Å². The van der Waals surface area contributed by atoms with E-state index in [2.05, 4.69) is 141 Å². The van der Waals surface area contributed by atoms with Gasteiger partial charge in [-0.15, -0.1) is 6.58 Å². The molecule has 0 aliphatic carbocycles. The lowest BCUT2D eigenvalue weighted by molar-refractivity contribution is 1.31. The van der Waals surface area contributed by atoms with Crippen molar-refractivity contribution in [2.45, 2.75) is 48.5 Å². The molecule has 1 aromatic heterocycles. The number of aromatic nitrogens is 1. The van der Waals surface area contributed by atoms with Gasteiger partial charge in [0.05, 0.1) is 0 Å². The Hall–Kier alpha value is -6.51. The molecule has 282 valence electrons. The molecule has 0 fully saturated rings. The molecule has 0 bridgehead atoms. The van der Waals surface area contributed by atoms with Crippen molar-refractivity contribution in [3.8, 4) is 22.3 Å². The highest BCUT2D eigenvalue weighted by Crippen LogP contribution is 2.45. The van der Waals surface area contributed by atoms with Gasteiger partial charge in [-0.1, -0.05) is 146 Å². The zero-order chi connectivity index (χ0) is 40.3. The van der Waals surface area contributed by atoms with E-state index < -0.39 is 0 Å².